The average molecular weight is 492 g/mol. The van der Waals surface area contributed by atoms with Gasteiger partial charge in [-0.25, -0.2) is 4.98 Å². The van der Waals surface area contributed by atoms with E-state index in [0.717, 1.165) is 32.7 Å². The van der Waals surface area contributed by atoms with Crippen LogP contribution in [0.5, 0.6) is 5.75 Å². The molecular formula is C26H25N3O3S2. The summed E-state index contributed by atoms with van der Waals surface area (Å²) in [5, 5.41) is 3.50. The number of ether oxygens (including phenoxy) is 1. The van der Waals surface area contributed by atoms with Gasteiger partial charge in [0, 0.05) is 23.9 Å². The summed E-state index contributed by atoms with van der Waals surface area (Å²) in [6.07, 6.45) is 2.54. The number of hydrogen-bond acceptors (Lipinski definition) is 6. The van der Waals surface area contributed by atoms with Gasteiger partial charge in [0.25, 0.3) is 0 Å². The van der Waals surface area contributed by atoms with Crippen molar-refractivity contribution in [3.63, 3.8) is 0 Å². The van der Waals surface area contributed by atoms with Gasteiger partial charge in [0.2, 0.25) is 5.91 Å². The van der Waals surface area contributed by atoms with Crippen molar-refractivity contribution < 1.29 is 14.3 Å². The largest absolute Gasteiger partial charge is 0.495 e. The Balaban J connectivity index is 1.56. The number of rotatable bonds is 10. The minimum atomic E-state index is -0.0512. The number of nitrogens with one attached hydrogen (secondary N) is 1. The number of aromatic nitrogens is 2. The zero-order valence-corrected chi connectivity index (χ0v) is 20.6. The smallest absolute Gasteiger partial charge is 0.216 e. The number of imidazole rings is 1. The Hall–Kier alpha value is -3.36. The van der Waals surface area contributed by atoms with Crippen LogP contribution in [-0.2, 0) is 11.2 Å². The van der Waals surface area contributed by atoms with Gasteiger partial charge in [-0.3, -0.25) is 14.2 Å². The van der Waals surface area contributed by atoms with Crippen LogP contribution in [0.2, 0.25) is 0 Å². The second kappa shape index (κ2) is 11.2. The van der Waals surface area contributed by atoms with Crippen molar-refractivity contribution in [1.82, 2.24) is 14.9 Å². The highest BCUT2D eigenvalue weighted by atomic mass is 32.2. The van der Waals surface area contributed by atoms with Crippen LogP contribution >= 0.6 is 23.1 Å². The molecule has 4 rings (SSSR count). The fraction of sp³-hybridized carbons (Fsp3) is 0.192. The molecule has 0 spiro atoms. The summed E-state index contributed by atoms with van der Waals surface area (Å²) in [6.45, 7) is 2.07. The zero-order chi connectivity index (χ0) is 23.9. The summed E-state index contributed by atoms with van der Waals surface area (Å²) in [5.41, 5.74) is 2.82. The number of para-hydroxylation sites is 2. The predicted octanol–water partition coefficient (Wildman–Crippen LogP) is 5.26. The SMILES string of the molecule is COc1ccccc1-n1c(-c2ccccc2)cnc1SCC(=O)c1ccc(CCNC(C)=O)s1. The fourth-order valence-corrected chi connectivity index (χ4v) is 5.43. The van der Waals surface area contributed by atoms with Gasteiger partial charge in [-0.05, 0) is 30.7 Å². The van der Waals surface area contributed by atoms with E-state index < -0.39 is 0 Å². The quantitative estimate of drug-likeness (QED) is 0.242. The van der Waals surface area contributed by atoms with E-state index in [0.29, 0.717) is 17.8 Å². The molecule has 0 atom stereocenters. The molecular weight excluding hydrogens is 466 g/mol. The third-order valence-electron chi connectivity index (χ3n) is 5.14. The molecule has 0 fully saturated rings. The molecule has 2 heterocycles. The van der Waals surface area contributed by atoms with Crippen molar-refractivity contribution in [1.29, 1.82) is 0 Å². The van der Waals surface area contributed by atoms with Crippen LogP contribution in [-0.4, -0.2) is 40.6 Å². The van der Waals surface area contributed by atoms with Crippen molar-refractivity contribution in [2.45, 2.75) is 18.5 Å². The number of amides is 1. The van der Waals surface area contributed by atoms with Crippen LogP contribution in [0.3, 0.4) is 0 Å². The summed E-state index contributed by atoms with van der Waals surface area (Å²) in [5.74, 6) is 1.00. The van der Waals surface area contributed by atoms with Gasteiger partial charge in [-0.1, -0.05) is 54.2 Å². The van der Waals surface area contributed by atoms with E-state index in [4.69, 9.17) is 4.74 Å². The van der Waals surface area contributed by atoms with E-state index >= 15 is 0 Å². The normalized spacial score (nSPS) is 10.8. The van der Waals surface area contributed by atoms with Gasteiger partial charge in [0.05, 0.1) is 35.3 Å². The number of Topliss-reactive ketones (excluding diaryl/α,β-unsaturated/α-hetero) is 1. The lowest BCUT2D eigenvalue weighted by Gasteiger charge is -2.15. The van der Waals surface area contributed by atoms with Crippen LogP contribution in [0.15, 0.2) is 78.1 Å². The molecule has 0 unspecified atom stereocenters. The number of methoxy groups -OCH3 is 1. The van der Waals surface area contributed by atoms with Gasteiger partial charge >= 0.3 is 0 Å². The minimum Gasteiger partial charge on any atom is -0.495 e. The second-order valence-electron chi connectivity index (χ2n) is 7.51. The summed E-state index contributed by atoms with van der Waals surface area (Å²) >= 11 is 2.88. The molecule has 34 heavy (non-hydrogen) atoms. The van der Waals surface area contributed by atoms with Gasteiger partial charge in [0.15, 0.2) is 10.9 Å². The molecule has 0 bridgehead atoms. The second-order valence-corrected chi connectivity index (χ2v) is 9.62. The molecule has 8 heteroatoms. The maximum atomic E-state index is 12.9. The Morgan fingerprint density at radius 2 is 1.82 bits per heavy atom. The molecule has 0 aliphatic carbocycles. The van der Waals surface area contributed by atoms with Gasteiger partial charge < -0.3 is 10.1 Å². The molecule has 0 aliphatic rings. The Morgan fingerprint density at radius 1 is 1.06 bits per heavy atom. The molecule has 0 radical (unpaired) electrons. The lowest BCUT2D eigenvalue weighted by Crippen LogP contribution is -2.22. The van der Waals surface area contributed by atoms with E-state index in [1.807, 2.05) is 77.5 Å². The summed E-state index contributed by atoms with van der Waals surface area (Å²) < 4.78 is 7.65. The van der Waals surface area contributed by atoms with Crippen LogP contribution < -0.4 is 10.1 Å². The molecule has 0 saturated heterocycles. The molecule has 0 saturated carbocycles. The minimum absolute atomic E-state index is 0.0512. The number of thioether (sulfide) groups is 1. The van der Waals surface area contributed by atoms with Crippen LogP contribution in [0.4, 0.5) is 0 Å². The van der Waals surface area contributed by atoms with Crippen LogP contribution in [0.1, 0.15) is 21.5 Å². The predicted molar refractivity (Wildman–Crippen MR) is 137 cm³/mol. The van der Waals surface area contributed by atoms with Crippen molar-refractivity contribution in [3.8, 4) is 22.7 Å². The average Bonchev–Trinajstić information content (AvgIpc) is 3.50. The monoisotopic (exact) mass is 491 g/mol. The third-order valence-corrected chi connectivity index (χ3v) is 7.28. The number of benzene rings is 2. The molecule has 174 valence electrons. The van der Waals surface area contributed by atoms with Crippen molar-refractivity contribution in [2.24, 2.45) is 0 Å². The lowest BCUT2D eigenvalue weighted by atomic mass is 10.1. The Labute approximate surface area is 207 Å². The summed E-state index contributed by atoms with van der Waals surface area (Å²) in [4.78, 5) is 30.4. The van der Waals surface area contributed by atoms with E-state index in [-0.39, 0.29) is 17.4 Å². The maximum Gasteiger partial charge on any atom is 0.216 e. The molecule has 6 nitrogen and oxygen atoms in total. The topological polar surface area (TPSA) is 73.2 Å². The van der Waals surface area contributed by atoms with Crippen molar-refractivity contribution in [3.05, 3.63) is 82.7 Å². The number of carbonyl (C=O) groups is 2. The first-order valence-electron chi connectivity index (χ1n) is 10.8. The Morgan fingerprint density at radius 3 is 2.59 bits per heavy atom. The third kappa shape index (κ3) is 5.58. The highest BCUT2D eigenvalue weighted by Gasteiger charge is 2.19. The molecule has 2 aromatic carbocycles. The van der Waals surface area contributed by atoms with Crippen molar-refractivity contribution in [2.75, 3.05) is 19.4 Å². The number of thiophene rings is 1. The standard InChI is InChI=1S/C26H25N3O3S2/c1-18(30)27-15-14-20-12-13-25(34-20)23(31)17-33-26-28-16-22(19-8-4-3-5-9-19)29(26)21-10-6-7-11-24(21)32-2/h3-13,16H,14-15,17H2,1-2H3,(H,27,30). The van der Waals surface area contributed by atoms with E-state index in [1.54, 1.807) is 7.11 Å². The maximum absolute atomic E-state index is 12.9. The molecule has 1 N–H and O–H groups in total. The first-order valence-corrected chi connectivity index (χ1v) is 12.6. The first-order chi connectivity index (χ1) is 16.6. The van der Waals surface area contributed by atoms with Gasteiger partial charge in [-0.15, -0.1) is 11.3 Å². The molecule has 1 amide bonds. The van der Waals surface area contributed by atoms with Crippen LogP contribution in [0.25, 0.3) is 16.9 Å². The Bertz CT molecular complexity index is 1280. The summed E-state index contributed by atoms with van der Waals surface area (Å²) in [6, 6.07) is 21.6. The Kier molecular flexibility index (Phi) is 7.82. The number of nitrogens with zero attached hydrogens (tertiary/aromatic N) is 2. The fourth-order valence-electron chi connectivity index (χ4n) is 3.52. The summed E-state index contributed by atoms with van der Waals surface area (Å²) in [7, 11) is 1.65. The zero-order valence-electron chi connectivity index (χ0n) is 19.0. The van der Waals surface area contributed by atoms with E-state index in [1.165, 1.54) is 30.0 Å². The number of carbonyl (C=O) groups excluding carboxylic acids is 2. The van der Waals surface area contributed by atoms with Gasteiger partial charge in [0.1, 0.15) is 5.75 Å². The number of hydrogen-bond donors (Lipinski definition) is 1. The molecule has 4 aromatic rings. The number of ketones is 1. The van der Waals surface area contributed by atoms with Crippen LogP contribution in [0, 0.1) is 0 Å². The highest BCUT2D eigenvalue weighted by Crippen LogP contribution is 2.34. The molecule has 0 aliphatic heterocycles. The van der Waals surface area contributed by atoms with Gasteiger partial charge in [-0.2, -0.15) is 0 Å². The van der Waals surface area contributed by atoms with Crippen molar-refractivity contribution >= 4 is 34.8 Å². The van der Waals surface area contributed by atoms with E-state index in [2.05, 4.69) is 10.3 Å². The highest BCUT2D eigenvalue weighted by molar-refractivity contribution is 7.99. The first kappa shape index (κ1) is 23.8. The molecule has 2 aromatic heterocycles. The lowest BCUT2D eigenvalue weighted by molar-refractivity contribution is -0.118. The van der Waals surface area contributed by atoms with E-state index in [9.17, 15) is 9.59 Å².